The zero-order valence-electron chi connectivity index (χ0n) is 15.2. The third kappa shape index (κ3) is 3.79. The second kappa shape index (κ2) is 7.73. The van der Waals surface area contributed by atoms with Gasteiger partial charge in [-0.25, -0.2) is 4.98 Å². The van der Waals surface area contributed by atoms with Gasteiger partial charge in [-0.3, -0.25) is 9.78 Å². The molecule has 28 heavy (non-hydrogen) atoms. The SMILES string of the molecule is Nc1cc2ccc(Br)cc2nc1C(=O)Nc1cnccc1N1CCCC(N)C1. The van der Waals surface area contributed by atoms with Gasteiger partial charge >= 0.3 is 0 Å². The minimum Gasteiger partial charge on any atom is -0.397 e. The Balaban J connectivity index is 1.64. The Kier molecular flexibility index (Phi) is 5.15. The number of pyridine rings is 2. The Morgan fingerprint density at radius 2 is 2.14 bits per heavy atom. The molecule has 0 radical (unpaired) electrons. The van der Waals surface area contributed by atoms with Gasteiger partial charge in [0.15, 0.2) is 5.69 Å². The first kappa shape index (κ1) is 18.6. The number of nitrogens with one attached hydrogen (secondary N) is 1. The number of hydrogen-bond acceptors (Lipinski definition) is 6. The summed E-state index contributed by atoms with van der Waals surface area (Å²) in [6.45, 7) is 1.64. The van der Waals surface area contributed by atoms with Crippen LogP contribution in [0, 0.1) is 0 Å². The second-order valence-electron chi connectivity index (χ2n) is 6.96. The number of carbonyl (C=O) groups is 1. The van der Waals surface area contributed by atoms with Crippen LogP contribution >= 0.6 is 15.9 Å². The number of fused-ring (bicyclic) bond motifs is 1. The van der Waals surface area contributed by atoms with Gasteiger partial charge in [0.25, 0.3) is 5.91 Å². The van der Waals surface area contributed by atoms with Gasteiger partial charge in [0, 0.05) is 35.2 Å². The van der Waals surface area contributed by atoms with Gasteiger partial charge in [0.05, 0.1) is 28.8 Å². The lowest BCUT2D eigenvalue weighted by Crippen LogP contribution is -2.43. The Morgan fingerprint density at radius 1 is 1.29 bits per heavy atom. The third-order valence-electron chi connectivity index (χ3n) is 4.87. The monoisotopic (exact) mass is 440 g/mol. The smallest absolute Gasteiger partial charge is 0.276 e. The average molecular weight is 441 g/mol. The summed E-state index contributed by atoms with van der Waals surface area (Å²) in [5, 5.41) is 3.80. The van der Waals surface area contributed by atoms with Crippen molar-refractivity contribution in [1.29, 1.82) is 0 Å². The largest absolute Gasteiger partial charge is 0.397 e. The minimum atomic E-state index is -0.366. The van der Waals surface area contributed by atoms with E-state index in [0.29, 0.717) is 16.9 Å². The molecule has 1 fully saturated rings. The molecule has 1 saturated heterocycles. The summed E-state index contributed by atoms with van der Waals surface area (Å²) in [5.41, 5.74) is 15.0. The van der Waals surface area contributed by atoms with E-state index >= 15 is 0 Å². The van der Waals surface area contributed by atoms with Gasteiger partial charge in [-0.05, 0) is 37.1 Å². The molecule has 1 atom stereocenters. The zero-order chi connectivity index (χ0) is 19.7. The normalized spacial score (nSPS) is 16.9. The predicted octanol–water partition coefficient (Wildman–Crippen LogP) is 3.15. The van der Waals surface area contributed by atoms with Gasteiger partial charge in [-0.15, -0.1) is 0 Å². The van der Waals surface area contributed by atoms with Crippen LogP contribution in [-0.4, -0.2) is 35.0 Å². The van der Waals surface area contributed by atoms with Crippen LogP contribution in [0.5, 0.6) is 0 Å². The minimum absolute atomic E-state index is 0.127. The first-order valence-electron chi connectivity index (χ1n) is 9.13. The van der Waals surface area contributed by atoms with Crippen LogP contribution < -0.4 is 21.7 Å². The molecule has 5 N–H and O–H groups in total. The lowest BCUT2D eigenvalue weighted by molar-refractivity contribution is 0.102. The second-order valence-corrected chi connectivity index (χ2v) is 7.87. The van der Waals surface area contributed by atoms with Gasteiger partial charge in [0.1, 0.15) is 0 Å². The fraction of sp³-hybridized carbons (Fsp3) is 0.250. The molecule has 0 bridgehead atoms. The summed E-state index contributed by atoms with van der Waals surface area (Å²) in [7, 11) is 0. The average Bonchev–Trinajstić information content (AvgIpc) is 2.68. The van der Waals surface area contributed by atoms with Crippen molar-refractivity contribution < 1.29 is 4.79 Å². The molecule has 1 aromatic carbocycles. The molecule has 3 aromatic rings. The standard InChI is InChI=1S/C20H21BrN6O/c21-13-4-3-12-8-15(23)19(25-16(12)9-13)20(28)26-17-10-24-6-5-18(17)27-7-1-2-14(22)11-27/h3-6,8-10,14H,1-2,7,11,22-23H2,(H,26,28). The molecule has 0 spiro atoms. The first-order valence-corrected chi connectivity index (χ1v) is 9.92. The molecule has 1 amide bonds. The molecule has 1 aliphatic rings. The van der Waals surface area contributed by atoms with E-state index in [9.17, 15) is 4.79 Å². The molecule has 1 aliphatic heterocycles. The van der Waals surface area contributed by atoms with Crippen LogP contribution in [0.1, 0.15) is 23.3 Å². The summed E-state index contributed by atoms with van der Waals surface area (Å²) in [4.78, 5) is 23.7. The molecule has 3 heterocycles. The molecule has 2 aromatic heterocycles. The topological polar surface area (TPSA) is 110 Å². The highest BCUT2D eigenvalue weighted by Gasteiger charge is 2.21. The molecule has 4 rings (SSSR count). The number of nitrogen functional groups attached to an aromatic ring is 1. The molecule has 0 saturated carbocycles. The van der Waals surface area contributed by atoms with Gasteiger partial charge in [-0.2, -0.15) is 0 Å². The Hall–Kier alpha value is -2.71. The van der Waals surface area contributed by atoms with Crippen LogP contribution in [0.3, 0.4) is 0 Å². The Morgan fingerprint density at radius 3 is 2.96 bits per heavy atom. The lowest BCUT2D eigenvalue weighted by Gasteiger charge is -2.33. The maximum atomic E-state index is 12.9. The number of benzene rings is 1. The summed E-state index contributed by atoms with van der Waals surface area (Å²) < 4.78 is 0.889. The number of hydrogen-bond donors (Lipinski definition) is 3. The lowest BCUT2D eigenvalue weighted by atomic mass is 10.1. The van der Waals surface area contributed by atoms with Crippen molar-refractivity contribution in [3.63, 3.8) is 0 Å². The van der Waals surface area contributed by atoms with E-state index in [-0.39, 0.29) is 17.6 Å². The van der Waals surface area contributed by atoms with Crippen molar-refractivity contribution in [2.24, 2.45) is 5.73 Å². The van der Waals surface area contributed by atoms with Crippen molar-refractivity contribution >= 4 is 49.8 Å². The zero-order valence-corrected chi connectivity index (χ0v) is 16.8. The molecule has 144 valence electrons. The number of nitrogens with two attached hydrogens (primary N) is 2. The molecular formula is C20H21BrN6O. The van der Waals surface area contributed by atoms with Crippen LogP contribution in [0.25, 0.3) is 10.9 Å². The number of nitrogens with zero attached hydrogens (tertiary/aromatic N) is 3. The first-order chi connectivity index (χ1) is 13.5. The fourth-order valence-electron chi connectivity index (χ4n) is 3.51. The van der Waals surface area contributed by atoms with Crippen LogP contribution in [0.2, 0.25) is 0 Å². The maximum absolute atomic E-state index is 12.9. The number of piperidine rings is 1. The number of amides is 1. The van der Waals surface area contributed by atoms with Gasteiger partial charge in [0.2, 0.25) is 0 Å². The van der Waals surface area contributed by atoms with E-state index < -0.39 is 0 Å². The Labute approximate surface area is 171 Å². The van der Waals surface area contributed by atoms with Crippen LogP contribution in [-0.2, 0) is 0 Å². The molecule has 1 unspecified atom stereocenters. The molecule has 8 heteroatoms. The van der Waals surface area contributed by atoms with Gasteiger partial charge in [-0.1, -0.05) is 22.0 Å². The summed E-state index contributed by atoms with van der Waals surface area (Å²) in [6.07, 6.45) is 5.38. The van der Waals surface area contributed by atoms with E-state index in [0.717, 1.165) is 41.5 Å². The quantitative estimate of drug-likeness (QED) is 0.576. The highest BCUT2D eigenvalue weighted by molar-refractivity contribution is 9.10. The van der Waals surface area contributed by atoms with E-state index in [1.165, 1.54) is 0 Å². The van der Waals surface area contributed by atoms with Crippen molar-refractivity contribution in [3.8, 4) is 0 Å². The van der Waals surface area contributed by atoms with Crippen LogP contribution in [0.15, 0.2) is 47.2 Å². The predicted molar refractivity (Wildman–Crippen MR) is 115 cm³/mol. The Bertz CT molecular complexity index is 1040. The number of halogens is 1. The van der Waals surface area contributed by atoms with Gasteiger partial charge < -0.3 is 21.7 Å². The summed E-state index contributed by atoms with van der Waals surface area (Å²) >= 11 is 3.43. The highest BCUT2D eigenvalue weighted by atomic mass is 79.9. The molecular weight excluding hydrogens is 420 g/mol. The number of anilines is 3. The van der Waals surface area contributed by atoms with Crippen LogP contribution in [0.4, 0.5) is 17.1 Å². The van der Waals surface area contributed by atoms with E-state index in [1.807, 2.05) is 24.3 Å². The number of aromatic nitrogens is 2. The number of carbonyl (C=O) groups excluding carboxylic acids is 1. The highest BCUT2D eigenvalue weighted by Crippen LogP contribution is 2.28. The van der Waals surface area contributed by atoms with Crippen molar-refractivity contribution in [2.45, 2.75) is 18.9 Å². The van der Waals surface area contributed by atoms with E-state index in [1.54, 1.807) is 18.5 Å². The summed E-state index contributed by atoms with van der Waals surface area (Å²) in [5.74, 6) is -0.366. The molecule has 0 aliphatic carbocycles. The van der Waals surface area contributed by atoms with Crippen molar-refractivity contribution in [1.82, 2.24) is 9.97 Å². The van der Waals surface area contributed by atoms with Crippen molar-refractivity contribution in [2.75, 3.05) is 29.0 Å². The van der Waals surface area contributed by atoms with Crippen molar-refractivity contribution in [3.05, 3.63) is 52.9 Å². The van der Waals surface area contributed by atoms with E-state index in [2.05, 4.69) is 36.1 Å². The fourth-order valence-corrected chi connectivity index (χ4v) is 3.86. The van der Waals surface area contributed by atoms with E-state index in [4.69, 9.17) is 11.5 Å². The number of rotatable bonds is 3. The maximum Gasteiger partial charge on any atom is 0.276 e. The third-order valence-corrected chi connectivity index (χ3v) is 5.36. The molecule has 7 nitrogen and oxygen atoms in total. The summed E-state index contributed by atoms with van der Waals surface area (Å²) in [6, 6.07) is 9.45.